The Morgan fingerprint density at radius 3 is 2.50 bits per heavy atom. The maximum absolute atomic E-state index is 10.1. The molecule has 0 saturated heterocycles. The van der Waals surface area contributed by atoms with E-state index in [2.05, 4.69) is 17.0 Å². The van der Waals surface area contributed by atoms with Gasteiger partial charge in [-0.3, -0.25) is 4.68 Å². The lowest BCUT2D eigenvalue weighted by Gasteiger charge is -2.22. The summed E-state index contributed by atoms with van der Waals surface area (Å²) in [4.78, 5) is 4.16. The van der Waals surface area contributed by atoms with Crippen LogP contribution in [0.5, 0.6) is 0 Å². The lowest BCUT2D eigenvalue weighted by Crippen LogP contribution is -2.34. The molecular weight excluding hydrogens is 234 g/mol. The van der Waals surface area contributed by atoms with Gasteiger partial charge in [-0.1, -0.05) is 6.92 Å². The molecule has 0 fully saturated rings. The summed E-state index contributed by atoms with van der Waals surface area (Å²) in [5, 5.41) is 14.2. The monoisotopic (exact) mass is 257 g/mol. The Balaban J connectivity index is 2.60. The molecule has 0 bridgehead atoms. The highest BCUT2D eigenvalue weighted by Crippen LogP contribution is 2.08. The van der Waals surface area contributed by atoms with E-state index in [1.807, 2.05) is 13.8 Å². The van der Waals surface area contributed by atoms with Gasteiger partial charge in [0.1, 0.15) is 18.3 Å². The second-order valence-corrected chi connectivity index (χ2v) is 3.95. The summed E-state index contributed by atoms with van der Waals surface area (Å²) in [5.74, 6) is 0.758. The maximum Gasteiger partial charge on any atom is 0.183 e. The second kappa shape index (κ2) is 8.18. The third kappa shape index (κ3) is 4.36. The SMILES string of the molecule is CCCn1ncnc1CC(O)C(OCC)OCC. The fourth-order valence-corrected chi connectivity index (χ4v) is 1.73. The first-order valence-corrected chi connectivity index (χ1v) is 6.50. The van der Waals surface area contributed by atoms with E-state index >= 15 is 0 Å². The molecule has 1 aromatic heterocycles. The maximum atomic E-state index is 10.1. The molecule has 1 unspecified atom stereocenters. The third-order valence-electron chi connectivity index (χ3n) is 2.50. The molecule has 1 rings (SSSR count). The number of aryl methyl sites for hydroxylation is 1. The number of hydrogen-bond donors (Lipinski definition) is 1. The minimum Gasteiger partial charge on any atom is -0.387 e. The van der Waals surface area contributed by atoms with Gasteiger partial charge in [0.25, 0.3) is 0 Å². The van der Waals surface area contributed by atoms with Crippen molar-refractivity contribution >= 4 is 0 Å². The molecule has 0 radical (unpaired) electrons. The van der Waals surface area contributed by atoms with Crippen LogP contribution in [0.2, 0.25) is 0 Å². The molecule has 0 aromatic carbocycles. The molecule has 18 heavy (non-hydrogen) atoms. The van der Waals surface area contributed by atoms with Gasteiger partial charge in [0, 0.05) is 26.2 Å². The van der Waals surface area contributed by atoms with Crippen LogP contribution in [0.3, 0.4) is 0 Å². The van der Waals surface area contributed by atoms with Crippen molar-refractivity contribution in [2.75, 3.05) is 13.2 Å². The van der Waals surface area contributed by atoms with E-state index in [9.17, 15) is 5.11 Å². The minimum atomic E-state index is -0.732. The van der Waals surface area contributed by atoms with Gasteiger partial charge in [0.15, 0.2) is 6.29 Å². The standard InChI is InChI=1S/C12H23N3O3/c1-4-7-15-11(13-9-14-15)8-10(16)12(17-5-2)18-6-3/h9-10,12,16H,4-8H2,1-3H3. The molecule has 104 valence electrons. The molecule has 0 amide bonds. The van der Waals surface area contributed by atoms with E-state index in [0.717, 1.165) is 18.8 Å². The van der Waals surface area contributed by atoms with Gasteiger partial charge in [-0.05, 0) is 20.3 Å². The molecule has 0 aliphatic rings. The lowest BCUT2D eigenvalue weighted by atomic mass is 10.2. The number of aliphatic hydroxyl groups excluding tert-OH is 1. The van der Waals surface area contributed by atoms with Crippen LogP contribution >= 0.6 is 0 Å². The number of nitrogens with zero attached hydrogens (tertiary/aromatic N) is 3. The number of aromatic nitrogens is 3. The van der Waals surface area contributed by atoms with E-state index in [1.165, 1.54) is 6.33 Å². The average molecular weight is 257 g/mol. The van der Waals surface area contributed by atoms with Crippen LogP contribution in [-0.4, -0.2) is 45.5 Å². The molecule has 1 aromatic rings. The Kier molecular flexibility index (Phi) is 6.85. The van der Waals surface area contributed by atoms with E-state index < -0.39 is 12.4 Å². The Labute approximate surface area is 108 Å². The van der Waals surface area contributed by atoms with Crippen LogP contribution < -0.4 is 0 Å². The molecule has 1 heterocycles. The summed E-state index contributed by atoms with van der Waals surface area (Å²) < 4.78 is 12.5. The molecular formula is C12H23N3O3. The summed E-state index contributed by atoms with van der Waals surface area (Å²) in [7, 11) is 0. The molecule has 0 aliphatic heterocycles. The first-order valence-electron chi connectivity index (χ1n) is 6.50. The Morgan fingerprint density at radius 2 is 1.94 bits per heavy atom. The van der Waals surface area contributed by atoms with Gasteiger partial charge < -0.3 is 14.6 Å². The van der Waals surface area contributed by atoms with Gasteiger partial charge in [-0.25, -0.2) is 4.98 Å². The summed E-state index contributed by atoms with van der Waals surface area (Å²) in [6.07, 6.45) is 1.53. The fraction of sp³-hybridized carbons (Fsp3) is 0.833. The van der Waals surface area contributed by atoms with Gasteiger partial charge in [0.2, 0.25) is 0 Å². The predicted octanol–water partition coefficient (Wildman–Crippen LogP) is 0.991. The van der Waals surface area contributed by atoms with E-state index in [0.29, 0.717) is 19.6 Å². The topological polar surface area (TPSA) is 69.4 Å². The number of hydrogen-bond acceptors (Lipinski definition) is 5. The Morgan fingerprint density at radius 1 is 1.28 bits per heavy atom. The van der Waals surface area contributed by atoms with Crippen molar-refractivity contribution in [2.45, 2.75) is 52.6 Å². The number of rotatable bonds is 9. The third-order valence-corrected chi connectivity index (χ3v) is 2.50. The second-order valence-electron chi connectivity index (χ2n) is 3.95. The van der Waals surface area contributed by atoms with Crippen molar-refractivity contribution in [3.63, 3.8) is 0 Å². The molecule has 6 nitrogen and oxygen atoms in total. The van der Waals surface area contributed by atoms with E-state index in [4.69, 9.17) is 9.47 Å². The molecule has 1 N–H and O–H groups in total. The van der Waals surface area contributed by atoms with Crippen molar-refractivity contribution in [3.05, 3.63) is 12.2 Å². The van der Waals surface area contributed by atoms with Crippen molar-refractivity contribution < 1.29 is 14.6 Å². The zero-order valence-corrected chi connectivity index (χ0v) is 11.4. The highest BCUT2D eigenvalue weighted by molar-refractivity contribution is 4.88. The van der Waals surface area contributed by atoms with Gasteiger partial charge in [0.05, 0.1) is 0 Å². The highest BCUT2D eigenvalue weighted by atomic mass is 16.7. The van der Waals surface area contributed by atoms with Gasteiger partial charge >= 0.3 is 0 Å². The van der Waals surface area contributed by atoms with Crippen LogP contribution in [0.1, 0.15) is 33.0 Å². The summed E-state index contributed by atoms with van der Waals surface area (Å²) in [6.45, 7) is 7.63. The predicted molar refractivity (Wildman–Crippen MR) is 67.1 cm³/mol. The molecule has 0 saturated carbocycles. The van der Waals surface area contributed by atoms with Crippen LogP contribution in [0.25, 0.3) is 0 Å². The zero-order chi connectivity index (χ0) is 13.4. The van der Waals surface area contributed by atoms with Crippen LogP contribution in [0.15, 0.2) is 6.33 Å². The quantitative estimate of drug-likeness (QED) is 0.668. The summed E-state index contributed by atoms with van der Waals surface area (Å²) in [6, 6.07) is 0. The highest BCUT2D eigenvalue weighted by Gasteiger charge is 2.22. The number of aliphatic hydroxyl groups is 1. The van der Waals surface area contributed by atoms with Crippen molar-refractivity contribution in [3.8, 4) is 0 Å². The first-order chi connectivity index (χ1) is 8.72. The largest absolute Gasteiger partial charge is 0.387 e. The van der Waals surface area contributed by atoms with E-state index in [1.54, 1.807) is 4.68 Å². The molecule has 0 spiro atoms. The minimum absolute atomic E-state index is 0.380. The molecule has 0 aliphatic carbocycles. The number of ether oxygens (including phenoxy) is 2. The zero-order valence-electron chi connectivity index (χ0n) is 11.4. The van der Waals surface area contributed by atoms with Crippen LogP contribution in [0.4, 0.5) is 0 Å². The molecule has 1 atom stereocenters. The summed E-state index contributed by atoms with van der Waals surface area (Å²) in [5.41, 5.74) is 0. The van der Waals surface area contributed by atoms with Crippen molar-refractivity contribution in [1.29, 1.82) is 0 Å². The Hall–Kier alpha value is -0.980. The molecule has 6 heteroatoms. The smallest absolute Gasteiger partial charge is 0.183 e. The van der Waals surface area contributed by atoms with Crippen LogP contribution in [-0.2, 0) is 22.4 Å². The van der Waals surface area contributed by atoms with E-state index in [-0.39, 0.29) is 0 Å². The first kappa shape index (κ1) is 15.1. The Bertz CT molecular complexity index is 324. The van der Waals surface area contributed by atoms with Gasteiger partial charge in [-0.2, -0.15) is 5.10 Å². The van der Waals surface area contributed by atoms with Gasteiger partial charge in [-0.15, -0.1) is 0 Å². The fourth-order valence-electron chi connectivity index (χ4n) is 1.73. The average Bonchev–Trinajstić information content (AvgIpc) is 2.77. The van der Waals surface area contributed by atoms with Crippen LogP contribution in [0, 0.1) is 0 Å². The summed E-state index contributed by atoms with van der Waals surface area (Å²) >= 11 is 0. The van der Waals surface area contributed by atoms with Crippen molar-refractivity contribution in [1.82, 2.24) is 14.8 Å². The normalized spacial score (nSPS) is 13.2. The van der Waals surface area contributed by atoms with Crippen molar-refractivity contribution in [2.24, 2.45) is 0 Å². The lowest BCUT2D eigenvalue weighted by molar-refractivity contribution is -0.189.